The van der Waals surface area contributed by atoms with E-state index in [2.05, 4.69) is 11.4 Å². The van der Waals surface area contributed by atoms with Gasteiger partial charge in [0.25, 0.3) is 0 Å². The molecule has 1 aromatic rings. The van der Waals surface area contributed by atoms with Crippen LogP contribution < -0.4 is 5.32 Å². The normalized spacial score (nSPS) is 14.4. The molecule has 0 amide bonds. The molecular formula is C11H13FN2. The first kappa shape index (κ1) is 10.7. The highest BCUT2D eigenvalue weighted by Crippen LogP contribution is 2.14. The second-order valence-corrected chi connectivity index (χ2v) is 3.46. The van der Waals surface area contributed by atoms with Crippen LogP contribution in [-0.4, -0.2) is 12.6 Å². The number of nitriles is 1. The number of benzene rings is 1. The van der Waals surface area contributed by atoms with Gasteiger partial charge in [0.05, 0.1) is 6.07 Å². The quantitative estimate of drug-likeness (QED) is 0.793. The Hall–Kier alpha value is -1.40. The van der Waals surface area contributed by atoms with Crippen LogP contribution in [0.4, 0.5) is 4.39 Å². The van der Waals surface area contributed by atoms with E-state index < -0.39 is 5.54 Å². The van der Waals surface area contributed by atoms with Crippen LogP contribution >= 0.6 is 0 Å². The molecule has 3 heteroatoms. The molecule has 0 aliphatic heterocycles. The summed E-state index contributed by atoms with van der Waals surface area (Å²) >= 11 is 0. The van der Waals surface area contributed by atoms with Gasteiger partial charge in [0.1, 0.15) is 11.4 Å². The molecule has 0 aromatic heterocycles. The lowest BCUT2D eigenvalue weighted by Crippen LogP contribution is -2.40. The summed E-state index contributed by atoms with van der Waals surface area (Å²) in [5.74, 6) is -0.260. The van der Waals surface area contributed by atoms with Crippen LogP contribution in [0.25, 0.3) is 0 Å². The fourth-order valence-corrected chi connectivity index (χ4v) is 1.21. The van der Waals surface area contributed by atoms with E-state index >= 15 is 0 Å². The number of rotatable bonds is 3. The first-order valence-corrected chi connectivity index (χ1v) is 4.45. The first-order chi connectivity index (χ1) is 6.61. The Labute approximate surface area is 83.4 Å². The molecule has 14 heavy (non-hydrogen) atoms. The van der Waals surface area contributed by atoms with Gasteiger partial charge in [0.15, 0.2) is 0 Å². The van der Waals surface area contributed by atoms with Gasteiger partial charge in [-0.3, -0.25) is 0 Å². The van der Waals surface area contributed by atoms with E-state index in [-0.39, 0.29) is 5.82 Å². The zero-order valence-electron chi connectivity index (χ0n) is 8.34. The molecule has 0 fully saturated rings. The van der Waals surface area contributed by atoms with Crippen molar-refractivity contribution in [1.82, 2.24) is 5.32 Å². The summed E-state index contributed by atoms with van der Waals surface area (Å²) in [7, 11) is 1.70. The maximum absolute atomic E-state index is 13.3. The van der Waals surface area contributed by atoms with Crippen LogP contribution in [0.15, 0.2) is 24.3 Å². The summed E-state index contributed by atoms with van der Waals surface area (Å²) in [5.41, 5.74) is -0.145. The van der Waals surface area contributed by atoms with Crippen LogP contribution in [-0.2, 0) is 6.42 Å². The summed E-state index contributed by atoms with van der Waals surface area (Å²) < 4.78 is 13.3. The lowest BCUT2D eigenvalue weighted by atomic mass is 9.94. The Morgan fingerprint density at radius 3 is 2.64 bits per heavy atom. The van der Waals surface area contributed by atoms with Gasteiger partial charge in [-0.1, -0.05) is 18.2 Å². The Bertz CT molecular complexity index is 357. The minimum Gasteiger partial charge on any atom is -0.302 e. The second kappa shape index (κ2) is 4.21. The van der Waals surface area contributed by atoms with Crippen LogP contribution in [0.1, 0.15) is 12.5 Å². The van der Waals surface area contributed by atoms with Gasteiger partial charge in [-0.2, -0.15) is 5.26 Å². The van der Waals surface area contributed by atoms with Crippen LogP contribution in [0, 0.1) is 17.1 Å². The van der Waals surface area contributed by atoms with Crippen molar-refractivity contribution < 1.29 is 4.39 Å². The summed E-state index contributed by atoms with van der Waals surface area (Å²) in [6, 6.07) is 8.64. The van der Waals surface area contributed by atoms with Gasteiger partial charge < -0.3 is 5.32 Å². The van der Waals surface area contributed by atoms with E-state index in [1.54, 1.807) is 32.2 Å². The highest BCUT2D eigenvalue weighted by atomic mass is 19.1. The maximum atomic E-state index is 13.3. The van der Waals surface area contributed by atoms with Crippen LogP contribution in [0.3, 0.4) is 0 Å². The number of halogens is 1. The molecular weight excluding hydrogens is 179 g/mol. The molecule has 1 rings (SSSR count). The maximum Gasteiger partial charge on any atom is 0.126 e. The zero-order valence-corrected chi connectivity index (χ0v) is 8.34. The molecule has 1 unspecified atom stereocenters. The summed E-state index contributed by atoms with van der Waals surface area (Å²) in [4.78, 5) is 0. The van der Waals surface area contributed by atoms with Crippen molar-refractivity contribution in [2.24, 2.45) is 0 Å². The smallest absolute Gasteiger partial charge is 0.126 e. The molecule has 0 spiro atoms. The first-order valence-electron chi connectivity index (χ1n) is 4.45. The number of likely N-dealkylation sites (N-methyl/N-ethyl adjacent to an activating group) is 1. The summed E-state index contributed by atoms with van der Waals surface area (Å²) in [5, 5.41) is 11.8. The molecule has 0 aliphatic carbocycles. The van der Waals surface area contributed by atoms with Gasteiger partial charge in [-0.25, -0.2) is 4.39 Å². The minimum absolute atomic E-state index is 0.260. The molecule has 1 aromatic carbocycles. The standard InChI is InChI=1S/C11H13FN2/c1-11(8-13,14-2)7-9-5-3-4-6-10(9)12/h3-6,14H,7H2,1-2H3. The third-order valence-electron chi connectivity index (χ3n) is 2.30. The van der Waals surface area contributed by atoms with Gasteiger partial charge in [0, 0.05) is 6.42 Å². The number of nitrogens with one attached hydrogen (secondary N) is 1. The van der Waals surface area contributed by atoms with Gasteiger partial charge in [0.2, 0.25) is 0 Å². The van der Waals surface area contributed by atoms with Crippen molar-refractivity contribution in [2.45, 2.75) is 18.9 Å². The van der Waals surface area contributed by atoms with Crippen molar-refractivity contribution in [2.75, 3.05) is 7.05 Å². The topological polar surface area (TPSA) is 35.8 Å². The number of hydrogen-bond acceptors (Lipinski definition) is 2. The Balaban J connectivity index is 2.89. The van der Waals surface area contributed by atoms with Gasteiger partial charge >= 0.3 is 0 Å². The molecule has 0 saturated heterocycles. The van der Waals surface area contributed by atoms with E-state index in [9.17, 15) is 4.39 Å². The molecule has 0 heterocycles. The largest absolute Gasteiger partial charge is 0.302 e. The second-order valence-electron chi connectivity index (χ2n) is 3.46. The predicted octanol–water partition coefficient (Wildman–Crippen LogP) is 1.87. The lowest BCUT2D eigenvalue weighted by molar-refractivity contribution is 0.475. The van der Waals surface area contributed by atoms with Crippen LogP contribution in [0.5, 0.6) is 0 Å². The van der Waals surface area contributed by atoms with E-state index in [1.165, 1.54) is 6.07 Å². The Kier molecular flexibility index (Phi) is 3.21. The average Bonchev–Trinajstić information content (AvgIpc) is 2.21. The predicted molar refractivity (Wildman–Crippen MR) is 53.2 cm³/mol. The van der Waals surface area contributed by atoms with Crippen molar-refractivity contribution in [3.05, 3.63) is 35.6 Å². The lowest BCUT2D eigenvalue weighted by Gasteiger charge is -2.20. The summed E-state index contributed by atoms with van der Waals surface area (Å²) in [6.07, 6.45) is 0.368. The third-order valence-corrected chi connectivity index (χ3v) is 2.30. The van der Waals surface area contributed by atoms with E-state index in [4.69, 9.17) is 5.26 Å². The molecule has 0 aliphatic rings. The third kappa shape index (κ3) is 2.30. The molecule has 74 valence electrons. The van der Waals surface area contributed by atoms with E-state index in [0.29, 0.717) is 12.0 Å². The van der Waals surface area contributed by atoms with Crippen LogP contribution in [0.2, 0.25) is 0 Å². The van der Waals surface area contributed by atoms with E-state index in [0.717, 1.165) is 0 Å². The zero-order chi connectivity index (χ0) is 10.6. The molecule has 0 saturated carbocycles. The molecule has 0 radical (unpaired) electrons. The Morgan fingerprint density at radius 1 is 1.50 bits per heavy atom. The average molecular weight is 192 g/mol. The van der Waals surface area contributed by atoms with Crippen molar-refractivity contribution >= 4 is 0 Å². The highest BCUT2D eigenvalue weighted by molar-refractivity contribution is 5.22. The fraction of sp³-hybridized carbons (Fsp3) is 0.364. The van der Waals surface area contributed by atoms with Crippen molar-refractivity contribution in [1.29, 1.82) is 5.26 Å². The molecule has 1 atom stereocenters. The van der Waals surface area contributed by atoms with Crippen molar-refractivity contribution in [3.63, 3.8) is 0 Å². The number of nitrogens with zero attached hydrogens (tertiary/aromatic N) is 1. The molecule has 1 N–H and O–H groups in total. The molecule has 0 bridgehead atoms. The Morgan fingerprint density at radius 2 is 2.14 bits per heavy atom. The minimum atomic E-state index is -0.706. The summed E-state index contributed by atoms with van der Waals surface area (Å²) in [6.45, 7) is 1.75. The number of hydrogen-bond donors (Lipinski definition) is 1. The van der Waals surface area contributed by atoms with Gasteiger partial charge in [-0.05, 0) is 25.6 Å². The SMILES string of the molecule is CNC(C)(C#N)Cc1ccccc1F. The molecule has 2 nitrogen and oxygen atoms in total. The van der Waals surface area contributed by atoms with E-state index in [1.807, 2.05) is 0 Å². The fourth-order valence-electron chi connectivity index (χ4n) is 1.21. The van der Waals surface area contributed by atoms with Crippen molar-refractivity contribution in [3.8, 4) is 6.07 Å². The monoisotopic (exact) mass is 192 g/mol. The van der Waals surface area contributed by atoms with Gasteiger partial charge in [-0.15, -0.1) is 0 Å². The highest BCUT2D eigenvalue weighted by Gasteiger charge is 2.22.